The van der Waals surface area contributed by atoms with Crippen LogP contribution in [0.15, 0.2) is 97.1 Å². The largest absolute Gasteiger partial charge is 0.481 e. The second-order valence-corrected chi connectivity index (χ2v) is 9.93. The van der Waals surface area contributed by atoms with Crippen molar-refractivity contribution in [1.29, 1.82) is 0 Å². The minimum Gasteiger partial charge on any atom is -0.481 e. The van der Waals surface area contributed by atoms with Crippen LogP contribution in [0.3, 0.4) is 0 Å². The molecular formula is C32H25ClN2O6. The number of halogens is 1. The van der Waals surface area contributed by atoms with Crippen LogP contribution in [0.25, 0.3) is 11.1 Å². The summed E-state index contributed by atoms with van der Waals surface area (Å²) in [6.45, 7) is -0.000300. The highest BCUT2D eigenvalue weighted by atomic mass is 35.5. The van der Waals surface area contributed by atoms with Gasteiger partial charge >= 0.3 is 12.1 Å². The first-order chi connectivity index (χ1) is 19.8. The van der Waals surface area contributed by atoms with Gasteiger partial charge in [0.05, 0.1) is 12.1 Å². The molecular weight excluding hydrogens is 544 g/mol. The first-order valence-corrected chi connectivity index (χ1v) is 13.2. The number of benzene rings is 4. The number of ether oxygens (including phenoxy) is 1. The molecule has 0 aliphatic heterocycles. The Balaban J connectivity index is 1.28. The van der Waals surface area contributed by atoms with Crippen LogP contribution in [0, 0.1) is 0 Å². The topological polar surface area (TPSA) is 122 Å². The molecule has 41 heavy (non-hydrogen) atoms. The zero-order chi connectivity index (χ0) is 28.9. The standard InChI is InChI=1S/C32H25ClN2O6/c33-20-15-13-19(14-16-20)30(38)25-11-5-6-12-27(25)34-31(39)28(17-29(36)37)35-32(40)41-18-26-23-9-3-1-7-21(23)22-8-2-4-10-24(22)26/h1-16,26,28H,17-18H2,(H,34,39)(H,35,40)(H,36,37). The molecule has 206 valence electrons. The van der Waals surface area contributed by atoms with Crippen LogP contribution < -0.4 is 10.6 Å². The first-order valence-electron chi connectivity index (χ1n) is 12.9. The number of carbonyl (C=O) groups excluding carboxylic acids is 3. The lowest BCUT2D eigenvalue weighted by Crippen LogP contribution is -2.45. The molecule has 0 spiro atoms. The molecule has 0 heterocycles. The number of alkyl carbamates (subject to hydrolysis) is 1. The number of carboxylic acids is 1. The molecule has 0 fully saturated rings. The van der Waals surface area contributed by atoms with Crippen LogP contribution in [0.1, 0.15) is 39.4 Å². The fraction of sp³-hybridized carbons (Fsp3) is 0.125. The lowest BCUT2D eigenvalue weighted by atomic mass is 9.98. The van der Waals surface area contributed by atoms with Gasteiger partial charge in [-0.05, 0) is 58.7 Å². The number of hydrogen-bond acceptors (Lipinski definition) is 5. The van der Waals surface area contributed by atoms with E-state index in [4.69, 9.17) is 16.3 Å². The van der Waals surface area contributed by atoms with Crippen LogP contribution in [0.4, 0.5) is 10.5 Å². The van der Waals surface area contributed by atoms with Crippen molar-refractivity contribution in [3.05, 3.63) is 124 Å². The van der Waals surface area contributed by atoms with Crippen LogP contribution >= 0.6 is 11.6 Å². The highest BCUT2D eigenvalue weighted by Gasteiger charge is 2.30. The summed E-state index contributed by atoms with van der Waals surface area (Å²) in [5.74, 6) is -2.67. The zero-order valence-electron chi connectivity index (χ0n) is 21.7. The molecule has 0 saturated heterocycles. The van der Waals surface area contributed by atoms with Gasteiger partial charge in [0.25, 0.3) is 0 Å². The molecule has 0 aromatic heterocycles. The Morgan fingerprint density at radius 3 is 2.02 bits per heavy atom. The van der Waals surface area contributed by atoms with E-state index in [1.165, 1.54) is 12.1 Å². The predicted octanol–water partition coefficient (Wildman–Crippen LogP) is 5.89. The number of hydrogen-bond donors (Lipinski definition) is 3. The Hall–Kier alpha value is -4.95. The van der Waals surface area contributed by atoms with E-state index in [0.29, 0.717) is 10.6 Å². The molecule has 4 aromatic rings. The van der Waals surface area contributed by atoms with Gasteiger partial charge in [-0.3, -0.25) is 14.4 Å². The minimum absolute atomic E-state index is 0.000300. The van der Waals surface area contributed by atoms with E-state index in [9.17, 15) is 24.3 Å². The second kappa shape index (κ2) is 12.1. The van der Waals surface area contributed by atoms with Gasteiger partial charge in [-0.15, -0.1) is 0 Å². The number of nitrogens with one attached hydrogen (secondary N) is 2. The van der Waals surface area contributed by atoms with Gasteiger partial charge in [-0.2, -0.15) is 0 Å². The molecule has 1 unspecified atom stereocenters. The highest BCUT2D eigenvalue weighted by molar-refractivity contribution is 6.30. The lowest BCUT2D eigenvalue weighted by Gasteiger charge is -2.19. The third kappa shape index (κ3) is 6.13. The summed E-state index contributed by atoms with van der Waals surface area (Å²) in [6.07, 6.45) is -1.62. The van der Waals surface area contributed by atoms with Crippen molar-refractivity contribution in [1.82, 2.24) is 5.32 Å². The molecule has 5 rings (SSSR count). The molecule has 9 heteroatoms. The number of ketones is 1. The number of anilines is 1. The quantitative estimate of drug-likeness (QED) is 0.216. The van der Waals surface area contributed by atoms with Crippen molar-refractivity contribution < 1.29 is 29.0 Å². The normalized spacial score (nSPS) is 12.5. The molecule has 1 aliphatic rings. The Morgan fingerprint density at radius 2 is 1.39 bits per heavy atom. The number of fused-ring (bicyclic) bond motifs is 3. The maximum Gasteiger partial charge on any atom is 0.407 e. The Morgan fingerprint density at radius 1 is 0.805 bits per heavy atom. The van der Waals surface area contributed by atoms with Crippen molar-refractivity contribution in [3.63, 3.8) is 0 Å². The van der Waals surface area contributed by atoms with Gasteiger partial charge in [0.2, 0.25) is 5.91 Å². The van der Waals surface area contributed by atoms with Crippen LogP contribution in [0.2, 0.25) is 5.02 Å². The smallest absolute Gasteiger partial charge is 0.407 e. The van der Waals surface area contributed by atoms with Crippen LogP contribution in [-0.2, 0) is 14.3 Å². The lowest BCUT2D eigenvalue weighted by molar-refractivity contribution is -0.139. The molecule has 0 radical (unpaired) electrons. The summed E-state index contributed by atoms with van der Waals surface area (Å²) >= 11 is 5.92. The van der Waals surface area contributed by atoms with E-state index >= 15 is 0 Å². The summed E-state index contributed by atoms with van der Waals surface area (Å²) in [5.41, 5.74) is 4.88. The van der Waals surface area contributed by atoms with Crippen molar-refractivity contribution >= 4 is 41.0 Å². The van der Waals surface area contributed by atoms with Crippen molar-refractivity contribution in [2.24, 2.45) is 0 Å². The highest BCUT2D eigenvalue weighted by Crippen LogP contribution is 2.44. The summed E-state index contributed by atoms with van der Waals surface area (Å²) in [6, 6.07) is 26.9. The number of rotatable bonds is 9. The average molecular weight is 569 g/mol. The molecule has 4 aromatic carbocycles. The maximum absolute atomic E-state index is 13.2. The van der Waals surface area contributed by atoms with Crippen LogP contribution in [-0.4, -0.2) is 41.5 Å². The van der Waals surface area contributed by atoms with Gasteiger partial charge in [0.1, 0.15) is 12.6 Å². The third-order valence-corrected chi connectivity index (χ3v) is 7.12. The van der Waals surface area contributed by atoms with Gasteiger partial charge in [0, 0.05) is 22.1 Å². The summed E-state index contributed by atoms with van der Waals surface area (Å²) in [4.78, 5) is 50.6. The number of carboxylic acid groups (broad SMARTS) is 1. The average Bonchev–Trinajstić information content (AvgIpc) is 3.29. The minimum atomic E-state index is -1.46. The summed E-state index contributed by atoms with van der Waals surface area (Å²) < 4.78 is 5.49. The monoisotopic (exact) mass is 568 g/mol. The van der Waals surface area contributed by atoms with E-state index in [0.717, 1.165) is 22.3 Å². The van der Waals surface area contributed by atoms with E-state index in [1.54, 1.807) is 36.4 Å². The predicted molar refractivity (Wildman–Crippen MR) is 154 cm³/mol. The van der Waals surface area contributed by atoms with E-state index < -0.39 is 30.4 Å². The molecule has 8 nitrogen and oxygen atoms in total. The Labute approximate surface area is 240 Å². The number of aliphatic carboxylic acids is 1. The Kier molecular flexibility index (Phi) is 8.12. The molecule has 0 bridgehead atoms. The van der Waals surface area contributed by atoms with E-state index in [1.807, 2.05) is 48.5 Å². The van der Waals surface area contributed by atoms with Crippen molar-refractivity contribution in [2.75, 3.05) is 11.9 Å². The molecule has 3 N–H and O–H groups in total. The first kappa shape index (κ1) is 27.6. The maximum atomic E-state index is 13.2. The van der Waals surface area contributed by atoms with Gasteiger partial charge in [-0.25, -0.2) is 4.79 Å². The second-order valence-electron chi connectivity index (χ2n) is 9.49. The fourth-order valence-corrected chi connectivity index (χ4v) is 5.06. The third-order valence-electron chi connectivity index (χ3n) is 6.87. The van der Waals surface area contributed by atoms with Gasteiger partial charge in [-0.1, -0.05) is 72.3 Å². The van der Waals surface area contributed by atoms with Gasteiger partial charge in [0.15, 0.2) is 5.78 Å². The number of para-hydroxylation sites is 1. The zero-order valence-corrected chi connectivity index (χ0v) is 22.4. The molecule has 2 amide bonds. The summed E-state index contributed by atoms with van der Waals surface area (Å²) in [7, 11) is 0. The molecule has 1 atom stereocenters. The summed E-state index contributed by atoms with van der Waals surface area (Å²) in [5, 5.41) is 14.8. The van der Waals surface area contributed by atoms with Crippen LogP contribution in [0.5, 0.6) is 0 Å². The van der Waals surface area contributed by atoms with Gasteiger partial charge < -0.3 is 20.5 Å². The van der Waals surface area contributed by atoms with E-state index in [-0.39, 0.29) is 29.6 Å². The fourth-order valence-electron chi connectivity index (χ4n) is 4.93. The van der Waals surface area contributed by atoms with E-state index in [2.05, 4.69) is 10.6 Å². The number of amides is 2. The Bertz CT molecular complexity index is 1590. The number of carbonyl (C=O) groups is 4. The van der Waals surface area contributed by atoms with Crippen molar-refractivity contribution in [2.45, 2.75) is 18.4 Å². The molecule has 0 saturated carbocycles. The molecule has 1 aliphatic carbocycles. The SMILES string of the molecule is O=C(O)CC(NC(=O)OCC1c2ccccc2-c2ccccc21)C(=O)Nc1ccccc1C(=O)c1ccc(Cl)cc1. The van der Waals surface area contributed by atoms with Crippen molar-refractivity contribution in [3.8, 4) is 11.1 Å².